The molecule has 0 aromatic rings. The average molecular weight is 285 g/mol. The Morgan fingerprint density at radius 3 is 3.06 bits per heavy atom. The molecular weight excluding hydrogens is 268 g/mol. The van der Waals surface area contributed by atoms with Crippen molar-refractivity contribution < 1.29 is 9.53 Å². The SMILES string of the molecule is COC(=O)C1CC=CCC12CCCC=C2Br. The highest BCUT2D eigenvalue weighted by molar-refractivity contribution is 9.11. The summed E-state index contributed by atoms with van der Waals surface area (Å²) in [6.07, 6.45) is 11.6. The molecule has 0 heterocycles. The van der Waals surface area contributed by atoms with Gasteiger partial charge in [0, 0.05) is 5.41 Å². The number of methoxy groups -OCH3 is 1. The normalized spacial score (nSPS) is 33.6. The van der Waals surface area contributed by atoms with E-state index < -0.39 is 0 Å². The first-order valence-electron chi connectivity index (χ1n) is 5.79. The van der Waals surface area contributed by atoms with Crippen LogP contribution in [-0.4, -0.2) is 13.1 Å². The molecule has 2 aliphatic carbocycles. The van der Waals surface area contributed by atoms with Crippen LogP contribution in [0.5, 0.6) is 0 Å². The smallest absolute Gasteiger partial charge is 0.309 e. The van der Waals surface area contributed by atoms with E-state index in [2.05, 4.69) is 34.2 Å². The van der Waals surface area contributed by atoms with Gasteiger partial charge in [-0.3, -0.25) is 4.79 Å². The van der Waals surface area contributed by atoms with Crippen LogP contribution < -0.4 is 0 Å². The fraction of sp³-hybridized carbons (Fsp3) is 0.615. The molecule has 0 radical (unpaired) electrons. The number of allylic oxidation sites excluding steroid dienone is 4. The maximum atomic E-state index is 11.9. The van der Waals surface area contributed by atoms with Crippen LogP contribution in [0.25, 0.3) is 0 Å². The third-order valence-electron chi connectivity index (χ3n) is 3.80. The van der Waals surface area contributed by atoms with Crippen LogP contribution in [-0.2, 0) is 9.53 Å². The van der Waals surface area contributed by atoms with Gasteiger partial charge in [-0.2, -0.15) is 0 Å². The van der Waals surface area contributed by atoms with Crippen LogP contribution in [0.3, 0.4) is 0 Å². The lowest BCUT2D eigenvalue weighted by Gasteiger charge is -2.42. The molecule has 0 N–H and O–H groups in total. The first-order valence-corrected chi connectivity index (χ1v) is 6.59. The topological polar surface area (TPSA) is 26.3 Å². The molecule has 3 heteroatoms. The van der Waals surface area contributed by atoms with Crippen molar-refractivity contribution in [1.29, 1.82) is 0 Å². The predicted octanol–water partition coefficient (Wildman–Crippen LogP) is 3.57. The number of esters is 1. The van der Waals surface area contributed by atoms with Gasteiger partial charge in [-0.05, 0) is 36.6 Å². The third-order valence-corrected chi connectivity index (χ3v) is 4.91. The zero-order valence-corrected chi connectivity index (χ0v) is 11.1. The Hall–Kier alpha value is -0.570. The highest BCUT2D eigenvalue weighted by atomic mass is 79.9. The van der Waals surface area contributed by atoms with E-state index in [9.17, 15) is 4.79 Å². The van der Waals surface area contributed by atoms with Crippen molar-refractivity contribution in [3.8, 4) is 0 Å². The van der Waals surface area contributed by atoms with Crippen LogP contribution >= 0.6 is 15.9 Å². The second kappa shape index (κ2) is 4.74. The van der Waals surface area contributed by atoms with Crippen LogP contribution in [0.2, 0.25) is 0 Å². The van der Waals surface area contributed by atoms with E-state index in [1.54, 1.807) is 0 Å². The molecule has 2 unspecified atom stereocenters. The van der Waals surface area contributed by atoms with Gasteiger partial charge in [0.05, 0.1) is 13.0 Å². The van der Waals surface area contributed by atoms with Gasteiger partial charge in [-0.15, -0.1) is 0 Å². The summed E-state index contributed by atoms with van der Waals surface area (Å²) >= 11 is 3.66. The van der Waals surface area contributed by atoms with E-state index in [0.717, 1.165) is 32.1 Å². The molecule has 0 fully saturated rings. The molecule has 0 aromatic carbocycles. The summed E-state index contributed by atoms with van der Waals surface area (Å²) in [7, 11) is 1.48. The van der Waals surface area contributed by atoms with Crippen molar-refractivity contribution in [1.82, 2.24) is 0 Å². The summed E-state index contributed by atoms with van der Waals surface area (Å²) < 4.78 is 6.14. The minimum atomic E-state index is -0.0726. The second-order valence-corrected chi connectivity index (χ2v) is 5.44. The average Bonchev–Trinajstić information content (AvgIpc) is 2.33. The summed E-state index contributed by atoms with van der Waals surface area (Å²) in [4.78, 5) is 11.9. The van der Waals surface area contributed by atoms with Crippen molar-refractivity contribution in [3.05, 3.63) is 22.7 Å². The molecule has 2 rings (SSSR count). The minimum Gasteiger partial charge on any atom is -0.469 e. The van der Waals surface area contributed by atoms with Crippen LogP contribution in [0, 0.1) is 11.3 Å². The molecule has 16 heavy (non-hydrogen) atoms. The maximum Gasteiger partial charge on any atom is 0.309 e. The first-order chi connectivity index (χ1) is 7.70. The van der Waals surface area contributed by atoms with Crippen LogP contribution in [0.1, 0.15) is 32.1 Å². The van der Waals surface area contributed by atoms with E-state index in [4.69, 9.17) is 4.74 Å². The minimum absolute atomic E-state index is 0.0200. The number of hydrogen-bond donors (Lipinski definition) is 0. The van der Waals surface area contributed by atoms with Gasteiger partial charge < -0.3 is 4.74 Å². The fourth-order valence-corrected chi connectivity index (χ4v) is 3.73. The molecule has 2 aliphatic rings. The zero-order valence-electron chi connectivity index (χ0n) is 9.54. The molecule has 0 saturated carbocycles. The van der Waals surface area contributed by atoms with E-state index >= 15 is 0 Å². The molecule has 0 aromatic heterocycles. The zero-order chi connectivity index (χ0) is 11.6. The predicted molar refractivity (Wildman–Crippen MR) is 67.2 cm³/mol. The number of hydrogen-bond acceptors (Lipinski definition) is 2. The Bertz CT molecular complexity index is 346. The number of halogens is 1. The lowest BCUT2D eigenvalue weighted by atomic mass is 9.64. The van der Waals surface area contributed by atoms with Crippen molar-refractivity contribution in [3.63, 3.8) is 0 Å². The lowest BCUT2D eigenvalue weighted by Crippen LogP contribution is -2.39. The summed E-state index contributed by atoms with van der Waals surface area (Å²) in [6.45, 7) is 0. The molecule has 88 valence electrons. The van der Waals surface area contributed by atoms with Gasteiger partial charge in [0.1, 0.15) is 0 Å². The summed E-state index contributed by atoms with van der Waals surface area (Å²) in [5.41, 5.74) is -0.0277. The number of carbonyl (C=O) groups is 1. The van der Waals surface area contributed by atoms with E-state index in [1.165, 1.54) is 11.6 Å². The standard InChI is InChI=1S/C13H17BrO2/c1-16-12(15)10-6-2-4-8-13(10)9-5-3-7-11(13)14/h2,4,7,10H,3,5-6,8-9H2,1H3. The molecule has 0 saturated heterocycles. The van der Waals surface area contributed by atoms with Gasteiger partial charge in [0.15, 0.2) is 0 Å². The van der Waals surface area contributed by atoms with Crippen molar-refractivity contribution >= 4 is 21.9 Å². The highest BCUT2D eigenvalue weighted by Gasteiger charge is 2.46. The van der Waals surface area contributed by atoms with Gasteiger partial charge in [0.2, 0.25) is 0 Å². The summed E-state index contributed by atoms with van der Waals surface area (Å²) in [6, 6.07) is 0. The van der Waals surface area contributed by atoms with Crippen molar-refractivity contribution in [2.24, 2.45) is 11.3 Å². The Morgan fingerprint density at radius 1 is 1.56 bits per heavy atom. The summed E-state index contributed by atoms with van der Waals surface area (Å²) in [5, 5.41) is 0. The number of carbonyl (C=O) groups excluding carboxylic acids is 1. The molecule has 0 amide bonds. The van der Waals surface area contributed by atoms with E-state index in [-0.39, 0.29) is 17.3 Å². The van der Waals surface area contributed by atoms with Gasteiger partial charge in [-0.1, -0.05) is 34.2 Å². The highest BCUT2D eigenvalue weighted by Crippen LogP contribution is 2.52. The number of rotatable bonds is 1. The Balaban J connectivity index is 2.35. The molecular formula is C13H17BrO2. The molecule has 1 spiro atoms. The molecule has 0 aliphatic heterocycles. The fourth-order valence-electron chi connectivity index (χ4n) is 2.87. The Morgan fingerprint density at radius 2 is 2.38 bits per heavy atom. The molecule has 2 atom stereocenters. The van der Waals surface area contributed by atoms with Crippen LogP contribution in [0.15, 0.2) is 22.7 Å². The monoisotopic (exact) mass is 284 g/mol. The van der Waals surface area contributed by atoms with E-state index in [1.807, 2.05) is 0 Å². The van der Waals surface area contributed by atoms with Gasteiger partial charge in [-0.25, -0.2) is 0 Å². The maximum absolute atomic E-state index is 11.9. The molecule has 2 nitrogen and oxygen atoms in total. The Kier molecular flexibility index (Phi) is 3.53. The van der Waals surface area contributed by atoms with Gasteiger partial charge in [0.25, 0.3) is 0 Å². The van der Waals surface area contributed by atoms with E-state index in [0.29, 0.717) is 0 Å². The molecule has 0 bridgehead atoms. The largest absolute Gasteiger partial charge is 0.469 e. The number of ether oxygens (including phenoxy) is 1. The third kappa shape index (κ3) is 1.86. The Labute approximate surface area is 105 Å². The van der Waals surface area contributed by atoms with Crippen molar-refractivity contribution in [2.45, 2.75) is 32.1 Å². The quantitative estimate of drug-likeness (QED) is 0.544. The first kappa shape index (κ1) is 11.9. The second-order valence-electron chi connectivity index (χ2n) is 4.59. The lowest BCUT2D eigenvalue weighted by molar-refractivity contribution is -0.149. The van der Waals surface area contributed by atoms with Crippen molar-refractivity contribution in [2.75, 3.05) is 7.11 Å². The van der Waals surface area contributed by atoms with Crippen LogP contribution in [0.4, 0.5) is 0 Å². The van der Waals surface area contributed by atoms with Gasteiger partial charge >= 0.3 is 5.97 Å². The summed E-state index contributed by atoms with van der Waals surface area (Å²) in [5.74, 6) is -0.0926.